The zero-order valence-corrected chi connectivity index (χ0v) is 11.1. The SMILES string of the molecule is CCCCCC1=CN2CC(C(=O)O)=S(=O)=C2N=C1. The fraction of sp³-hybridized carbons (Fsp3) is 0.500. The molecule has 0 amide bonds. The molecule has 18 heavy (non-hydrogen) atoms. The topological polar surface area (TPSA) is 70.0 Å². The van der Waals surface area contributed by atoms with Crippen molar-refractivity contribution in [3.8, 4) is 0 Å². The quantitative estimate of drug-likeness (QED) is 0.595. The van der Waals surface area contributed by atoms with Crippen LogP contribution in [0.3, 0.4) is 0 Å². The van der Waals surface area contributed by atoms with Gasteiger partial charge in [-0.2, -0.15) is 0 Å². The van der Waals surface area contributed by atoms with E-state index in [1.54, 1.807) is 11.1 Å². The van der Waals surface area contributed by atoms with Gasteiger partial charge in [-0.3, -0.25) is 0 Å². The summed E-state index contributed by atoms with van der Waals surface area (Å²) in [5, 5.41) is 9.27. The molecule has 1 N–H and O–H groups in total. The van der Waals surface area contributed by atoms with Crippen molar-refractivity contribution in [2.75, 3.05) is 6.54 Å². The predicted molar refractivity (Wildman–Crippen MR) is 73.2 cm³/mol. The van der Waals surface area contributed by atoms with Crippen LogP contribution in [0.2, 0.25) is 0 Å². The molecule has 2 aliphatic rings. The van der Waals surface area contributed by atoms with Gasteiger partial charge >= 0.3 is 5.97 Å². The Morgan fingerprint density at radius 1 is 1.56 bits per heavy atom. The van der Waals surface area contributed by atoms with Crippen LogP contribution < -0.4 is 0 Å². The van der Waals surface area contributed by atoms with Crippen LogP contribution in [0.15, 0.2) is 16.8 Å². The normalized spacial score (nSPS) is 18.2. The van der Waals surface area contributed by atoms with Crippen molar-refractivity contribution >= 4 is 32.1 Å². The van der Waals surface area contributed by atoms with E-state index in [1.165, 1.54) is 6.42 Å². The lowest BCUT2D eigenvalue weighted by molar-refractivity contribution is -0.129. The molecule has 5 nitrogen and oxygen atoms in total. The second kappa shape index (κ2) is 5.39. The molecule has 0 unspecified atom stereocenters. The zero-order valence-electron chi connectivity index (χ0n) is 10.3. The Hall–Kier alpha value is -1.56. The summed E-state index contributed by atoms with van der Waals surface area (Å²) in [6, 6.07) is 0. The van der Waals surface area contributed by atoms with Gasteiger partial charge in [-0.05, 0) is 18.4 Å². The summed E-state index contributed by atoms with van der Waals surface area (Å²) < 4.78 is 11.8. The van der Waals surface area contributed by atoms with Gasteiger partial charge in [-0.1, -0.05) is 19.8 Å². The van der Waals surface area contributed by atoms with Crippen molar-refractivity contribution in [2.45, 2.75) is 32.6 Å². The monoisotopic (exact) mass is 268 g/mol. The Bertz CT molecular complexity index is 572. The second-order valence-electron chi connectivity index (χ2n) is 4.33. The number of nitrogens with zero attached hydrogens (tertiary/aromatic N) is 2. The number of aliphatic imine (C=N–C) groups is 1. The predicted octanol–water partition coefficient (Wildman–Crippen LogP) is 0.944. The maximum atomic E-state index is 11.8. The molecule has 0 atom stereocenters. The van der Waals surface area contributed by atoms with Crippen molar-refractivity contribution in [2.24, 2.45) is 4.99 Å². The van der Waals surface area contributed by atoms with Crippen molar-refractivity contribution in [1.82, 2.24) is 4.90 Å². The van der Waals surface area contributed by atoms with Gasteiger partial charge in [0.05, 0.1) is 16.5 Å². The van der Waals surface area contributed by atoms with E-state index in [9.17, 15) is 9.00 Å². The molecule has 6 heteroatoms. The molecule has 98 valence electrons. The molecule has 2 rings (SSSR count). The maximum Gasteiger partial charge on any atom is 0.346 e. The maximum absolute atomic E-state index is 11.8. The average Bonchev–Trinajstić information content (AvgIpc) is 2.67. The second-order valence-corrected chi connectivity index (χ2v) is 5.72. The number of aliphatic carboxylic acids is 1. The molecule has 0 saturated carbocycles. The summed E-state index contributed by atoms with van der Waals surface area (Å²) in [5.41, 5.74) is 1.07. The van der Waals surface area contributed by atoms with E-state index in [-0.39, 0.29) is 11.4 Å². The minimum absolute atomic E-state index is 0.00760. The molecule has 0 fully saturated rings. The molecule has 2 heterocycles. The molecule has 0 aromatic heterocycles. The van der Waals surface area contributed by atoms with Crippen LogP contribution in [0.5, 0.6) is 0 Å². The minimum atomic E-state index is -1.61. The third kappa shape index (κ3) is 2.48. The fourth-order valence-electron chi connectivity index (χ4n) is 1.95. The van der Waals surface area contributed by atoms with E-state index in [1.807, 2.05) is 6.20 Å². The van der Waals surface area contributed by atoms with E-state index in [2.05, 4.69) is 11.9 Å². The van der Waals surface area contributed by atoms with Gasteiger partial charge in [0.15, 0.2) is 0 Å². The number of carboxylic acid groups (broad SMARTS) is 1. The number of carbonyl (C=O) groups is 1. The highest BCUT2D eigenvalue weighted by Gasteiger charge is 2.26. The molecule has 0 bridgehead atoms. The summed E-state index contributed by atoms with van der Waals surface area (Å²) in [7, 11) is -1.61. The lowest BCUT2D eigenvalue weighted by atomic mass is 10.1. The van der Waals surface area contributed by atoms with Gasteiger partial charge < -0.3 is 10.0 Å². The first-order valence-electron chi connectivity index (χ1n) is 6.02. The fourth-order valence-corrected chi connectivity index (χ4v) is 3.06. The first-order valence-corrected chi connectivity index (χ1v) is 7.17. The van der Waals surface area contributed by atoms with Crippen LogP contribution in [0.1, 0.15) is 32.6 Å². The summed E-state index contributed by atoms with van der Waals surface area (Å²) >= 11 is 0. The van der Waals surface area contributed by atoms with Gasteiger partial charge in [-0.25, -0.2) is 14.0 Å². The van der Waals surface area contributed by atoms with Gasteiger partial charge in [0, 0.05) is 12.4 Å². The Kier molecular flexibility index (Phi) is 3.86. The van der Waals surface area contributed by atoms with Gasteiger partial charge in [0.25, 0.3) is 0 Å². The van der Waals surface area contributed by atoms with E-state index in [0.29, 0.717) is 5.11 Å². The standard InChI is InChI=1S/C12H16N2O3S/c1-2-3-4-5-9-6-13-12-14(7-9)8-10(11(15)16)18(12)17/h6-7H,2-5,8H2,1H3,(H,15,16). The smallest absolute Gasteiger partial charge is 0.346 e. The van der Waals surface area contributed by atoms with E-state index < -0.39 is 15.9 Å². The number of fused-ring (bicyclic) bond motifs is 1. The molecular formula is C12H16N2O3S. The molecular weight excluding hydrogens is 252 g/mol. The molecule has 0 aromatic carbocycles. The largest absolute Gasteiger partial charge is 0.477 e. The molecule has 0 aliphatic carbocycles. The number of hydrogen-bond donors (Lipinski definition) is 1. The Labute approximate surface area is 107 Å². The van der Waals surface area contributed by atoms with Crippen LogP contribution in [-0.2, 0) is 14.8 Å². The van der Waals surface area contributed by atoms with Crippen LogP contribution in [0.4, 0.5) is 0 Å². The van der Waals surface area contributed by atoms with Crippen molar-refractivity contribution in [1.29, 1.82) is 0 Å². The van der Waals surface area contributed by atoms with Crippen molar-refractivity contribution < 1.29 is 14.1 Å². The number of carboxylic acids is 1. The first kappa shape index (κ1) is 12.9. The molecule has 0 spiro atoms. The lowest BCUT2D eigenvalue weighted by Gasteiger charge is -2.18. The van der Waals surface area contributed by atoms with Crippen molar-refractivity contribution in [3.05, 3.63) is 11.8 Å². The lowest BCUT2D eigenvalue weighted by Crippen LogP contribution is -2.29. The van der Waals surface area contributed by atoms with E-state index in [4.69, 9.17) is 5.11 Å². The Morgan fingerprint density at radius 3 is 3.00 bits per heavy atom. The Morgan fingerprint density at radius 2 is 2.33 bits per heavy atom. The summed E-state index contributed by atoms with van der Waals surface area (Å²) in [5.74, 6) is -1.11. The molecule has 0 saturated heterocycles. The summed E-state index contributed by atoms with van der Waals surface area (Å²) in [6.45, 7) is 2.32. The number of unbranched alkanes of at least 4 members (excludes halogenated alkanes) is 2. The van der Waals surface area contributed by atoms with Crippen molar-refractivity contribution in [3.63, 3.8) is 0 Å². The molecule has 2 aliphatic heterocycles. The van der Waals surface area contributed by atoms with Crippen LogP contribution in [-0.4, -0.2) is 42.9 Å². The zero-order chi connectivity index (χ0) is 13.1. The van der Waals surface area contributed by atoms with Gasteiger partial charge in [-0.15, -0.1) is 0 Å². The summed E-state index contributed by atoms with van der Waals surface area (Å²) in [6.07, 6.45) is 7.91. The van der Waals surface area contributed by atoms with Gasteiger partial charge in [0.1, 0.15) is 4.86 Å². The number of rotatable bonds is 5. The third-order valence-corrected chi connectivity index (χ3v) is 4.34. The third-order valence-electron chi connectivity index (χ3n) is 2.92. The summed E-state index contributed by atoms with van der Waals surface area (Å²) in [4.78, 5) is 16.7. The van der Waals surface area contributed by atoms with Crippen LogP contribution in [0, 0.1) is 0 Å². The highest BCUT2D eigenvalue weighted by Crippen LogP contribution is 2.15. The number of allylic oxidation sites excluding steroid dienone is 1. The number of hydrogen-bond acceptors (Lipinski definition) is 4. The van der Waals surface area contributed by atoms with Crippen LogP contribution in [0.25, 0.3) is 0 Å². The van der Waals surface area contributed by atoms with E-state index >= 15 is 0 Å². The molecule has 0 aromatic rings. The minimum Gasteiger partial charge on any atom is -0.477 e. The Balaban J connectivity index is 2.13. The van der Waals surface area contributed by atoms with E-state index in [0.717, 1.165) is 24.8 Å². The van der Waals surface area contributed by atoms with Gasteiger partial charge in [0.2, 0.25) is 5.11 Å². The average molecular weight is 268 g/mol. The first-order chi connectivity index (χ1) is 8.63. The molecule has 0 radical (unpaired) electrons. The highest BCUT2D eigenvalue weighted by molar-refractivity contribution is 7.86. The highest BCUT2D eigenvalue weighted by atomic mass is 32.1. The van der Waals surface area contributed by atoms with Crippen LogP contribution >= 0.6 is 0 Å².